The molecule has 1 aromatic carbocycles. The minimum atomic E-state index is -1.02. The van der Waals surface area contributed by atoms with Crippen molar-refractivity contribution in [2.75, 3.05) is 6.54 Å². The second-order valence-electron chi connectivity index (χ2n) is 6.25. The highest BCUT2D eigenvalue weighted by molar-refractivity contribution is 9.10. The van der Waals surface area contributed by atoms with Crippen molar-refractivity contribution < 1.29 is 19.7 Å². The molecule has 0 aliphatic rings. The highest BCUT2D eigenvalue weighted by Gasteiger charge is 2.21. The molecule has 1 amide bonds. The summed E-state index contributed by atoms with van der Waals surface area (Å²) >= 11 is 3.36. The Morgan fingerprint density at radius 3 is 2.59 bits per heavy atom. The van der Waals surface area contributed by atoms with E-state index in [-0.39, 0.29) is 13.0 Å². The number of amides is 1. The van der Waals surface area contributed by atoms with E-state index >= 15 is 0 Å². The zero-order chi connectivity index (χ0) is 16.9. The van der Waals surface area contributed by atoms with E-state index in [1.165, 1.54) is 0 Å². The lowest BCUT2D eigenvalue weighted by molar-refractivity contribution is 0.0119. The number of halogens is 1. The van der Waals surface area contributed by atoms with Gasteiger partial charge in [0.05, 0.1) is 6.10 Å². The van der Waals surface area contributed by atoms with Crippen molar-refractivity contribution in [1.82, 2.24) is 5.32 Å². The summed E-state index contributed by atoms with van der Waals surface area (Å²) in [5.41, 5.74) is 1.07. The van der Waals surface area contributed by atoms with Crippen LogP contribution in [-0.4, -0.2) is 34.6 Å². The summed E-state index contributed by atoms with van der Waals surface area (Å²) < 4.78 is 5.84. The third kappa shape index (κ3) is 6.34. The van der Waals surface area contributed by atoms with Gasteiger partial charge in [-0.05, 0) is 45.7 Å². The molecule has 2 atom stereocenters. The van der Waals surface area contributed by atoms with Crippen LogP contribution in [0.25, 0.3) is 0 Å². The maximum absolute atomic E-state index is 11.5. The Bertz CT molecular complexity index is 513. The normalized spacial score (nSPS) is 14.3. The van der Waals surface area contributed by atoms with E-state index in [0.717, 1.165) is 10.0 Å². The number of rotatable bonds is 5. The molecule has 1 aromatic rings. The maximum Gasteiger partial charge on any atom is 0.407 e. The number of benzene rings is 1. The van der Waals surface area contributed by atoms with Crippen LogP contribution in [0.5, 0.6) is 0 Å². The summed E-state index contributed by atoms with van der Waals surface area (Å²) in [5.74, 6) is 0. The van der Waals surface area contributed by atoms with Gasteiger partial charge in [0.25, 0.3) is 0 Å². The number of ether oxygens (including phenoxy) is 1. The van der Waals surface area contributed by atoms with Gasteiger partial charge in [-0.2, -0.15) is 0 Å². The quantitative estimate of drug-likeness (QED) is 0.740. The summed E-state index contributed by atoms with van der Waals surface area (Å²) in [6, 6.07) is 5.57. The minimum Gasteiger partial charge on any atom is -0.444 e. The zero-order valence-electron chi connectivity index (χ0n) is 13.4. The lowest BCUT2D eigenvalue weighted by atomic mass is 10.0. The average Bonchev–Trinajstić information content (AvgIpc) is 2.38. The number of hydrogen-bond donors (Lipinski definition) is 3. The van der Waals surface area contributed by atoms with Crippen molar-refractivity contribution in [3.63, 3.8) is 0 Å². The fourth-order valence-corrected chi connectivity index (χ4v) is 2.37. The molecule has 0 saturated heterocycles. The number of nitrogens with one attached hydrogen (secondary N) is 1. The summed E-state index contributed by atoms with van der Waals surface area (Å²) in [6.45, 7) is 7.47. The fourth-order valence-electron chi connectivity index (χ4n) is 1.89. The minimum absolute atomic E-state index is 0.219. The molecule has 3 N–H and O–H groups in total. The van der Waals surface area contributed by atoms with Crippen molar-refractivity contribution >= 4 is 22.0 Å². The summed E-state index contributed by atoms with van der Waals surface area (Å²) in [7, 11) is 0. The molecule has 124 valence electrons. The van der Waals surface area contributed by atoms with Gasteiger partial charge in [0.1, 0.15) is 11.7 Å². The number of carbonyl (C=O) groups is 1. The van der Waals surface area contributed by atoms with E-state index in [1.54, 1.807) is 20.8 Å². The Kier molecular flexibility index (Phi) is 6.84. The number of aliphatic hydroxyl groups is 2. The first kappa shape index (κ1) is 18.9. The van der Waals surface area contributed by atoms with Gasteiger partial charge in [-0.25, -0.2) is 4.79 Å². The SMILES string of the molecule is Cc1ccc(Br)c(C(O)C(O)CCNC(=O)OC(C)(C)C)c1. The second-order valence-corrected chi connectivity index (χ2v) is 7.11. The third-order valence-electron chi connectivity index (χ3n) is 2.94. The Labute approximate surface area is 139 Å². The van der Waals surface area contributed by atoms with Gasteiger partial charge in [0, 0.05) is 11.0 Å². The van der Waals surface area contributed by atoms with Crippen LogP contribution in [0.1, 0.15) is 44.4 Å². The van der Waals surface area contributed by atoms with Gasteiger partial charge >= 0.3 is 6.09 Å². The predicted octanol–water partition coefficient (Wildman–Crippen LogP) is 3.07. The molecule has 0 spiro atoms. The molecule has 6 heteroatoms. The lowest BCUT2D eigenvalue weighted by Crippen LogP contribution is -2.34. The van der Waals surface area contributed by atoms with Gasteiger partial charge in [-0.3, -0.25) is 0 Å². The molecule has 0 aromatic heterocycles. The van der Waals surface area contributed by atoms with E-state index in [2.05, 4.69) is 21.2 Å². The number of alkyl carbamates (subject to hydrolysis) is 1. The first-order valence-electron chi connectivity index (χ1n) is 7.19. The van der Waals surface area contributed by atoms with E-state index < -0.39 is 23.9 Å². The van der Waals surface area contributed by atoms with Crippen LogP contribution in [0.15, 0.2) is 22.7 Å². The van der Waals surface area contributed by atoms with Crippen molar-refractivity contribution in [2.45, 2.75) is 51.9 Å². The number of carbonyl (C=O) groups excluding carboxylic acids is 1. The Morgan fingerprint density at radius 1 is 1.36 bits per heavy atom. The largest absolute Gasteiger partial charge is 0.444 e. The first-order chi connectivity index (χ1) is 10.1. The molecule has 2 unspecified atom stereocenters. The summed E-state index contributed by atoms with van der Waals surface area (Å²) in [4.78, 5) is 11.5. The second kappa shape index (κ2) is 7.94. The number of aryl methyl sites for hydroxylation is 1. The average molecular weight is 374 g/mol. The lowest BCUT2D eigenvalue weighted by Gasteiger charge is -2.22. The van der Waals surface area contributed by atoms with Gasteiger partial charge in [-0.15, -0.1) is 0 Å². The van der Waals surface area contributed by atoms with Gasteiger partial charge in [0.2, 0.25) is 0 Å². The Balaban J connectivity index is 2.50. The topological polar surface area (TPSA) is 78.8 Å². The molecule has 22 heavy (non-hydrogen) atoms. The molecule has 5 nitrogen and oxygen atoms in total. The highest BCUT2D eigenvalue weighted by atomic mass is 79.9. The molecular formula is C16H24BrNO4. The summed E-state index contributed by atoms with van der Waals surface area (Å²) in [5, 5.41) is 22.8. The smallest absolute Gasteiger partial charge is 0.407 e. The molecule has 0 heterocycles. The van der Waals surface area contributed by atoms with E-state index in [4.69, 9.17) is 4.74 Å². The fraction of sp³-hybridized carbons (Fsp3) is 0.562. The van der Waals surface area contributed by atoms with Crippen LogP contribution in [-0.2, 0) is 4.74 Å². The van der Waals surface area contributed by atoms with Crippen molar-refractivity contribution in [2.24, 2.45) is 0 Å². The Hall–Kier alpha value is -1.11. The van der Waals surface area contributed by atoms with Crippen molar-refractivity contribution in [3.8, 4) is 0 Å². The molecule has 0 radical (unpaired) electrons. The molecule has 1 rings (SSSR count). The monoisotopic (exact) mass is 373 g/mol. The van der Waals surface area contributed by atoms with Gasteiger partial charge in [0.15, 0.2) is 0 Å². The third-order valence-corrected chi connectivity index (χ3v) is 3.67. The Morgan fingerprint density at radius 2 is 2.00 bits per heavy atom. The highest BCUT2D eigenvalue weighted by Crippen LogP contribution is 2.27. The van der Waals surface area contributed by atoms with Crippen LogP contribution >= 0.6 is 15.9 Å². The van der Waals surface area contributed by atoms with Crippen LogP contribution in [0.3, 0.4) is 0 Å². The van der Waals surface area contributed by atoms with Gasteiger partial charge in [-0.1, -0.05) is 33.6 Å². The van der Waals surface area contributed by atoms with Crippen LogP contribution in [0.2, 0.25) is 0 Å². The molecule has 0 bridgehead atoms. The molecule has 0 saturated carbocycles. The molecule has 0 fully saturated rings. The number of aliphatic hydroxyl groups excluding tert-OH is 2. The van der Waals surface area contributed by atoms with Crippen LogP contribution in [0.4, 0.5) is 4.79 Å². The van der Waals surface area contributed by atoms with E-state index in [9.17, 15) is 15.0 Å². The van der Waals surface area contributed by atoms with Gasteiger partial charge < -0.3 is 20.3 Å². The predicted molar refractivity (Wildman–Crippen MR) is 88.7 cm³/mol. The van der Waals surface area contributed by atoms with E-state index in [1.807, 2.05) is 25.1 Å². The first-order valence-corrected chi connectivity index (χ1v) is 7.98. The van der Waals surface area contributed by atoms with E-state index in [0.29, 0.717) is 5.56 Å². The number of hydrogen-bond acceptors (Lipinski definition) is 4. The maximum atomic E-state index is 11.5. The van der Waals surface area contributed by atoms with Crippen LogP contribution in [0, 0.1) is 6.92 Å². The molecule has 0 aliphatic heterocycles. The van der Waals surface area contributed by atoms with Crippen LogP contribution < -0.4 is 5.32 Å². The van der Waals surface area contributed by atoms with Crippen molar-refractivity contribution in [1.29, 1.82) is 0 Å². The zero-order valence-corrected chi connectivity index (χ0v) is 15.0. The molecular weight excluding hydrogens is 350 g/mol. The van der Waals surface area contributed by atoms with Crippen molar-refractivity contribution in [3.05, 3.63) is 33.8 Å². The summed E-state index contributed by atoms with van der Waals surface area (Å²) in [6.07, 6.45) is -2.31. The standard InChI is InChI=1S/C16H24BrNO4/c1-10-5-6-12(17)11(9-10)14(20)13(19)7-8-18-15(21)22-16(2,3)4/h5-6,9,13-14,19-20H,7-8H2,1-4H3,(H,18,21). The molecule has 0 aliphatic carbocycles.